The van der Waals surface area contributed by atoms with Gasteiger partial charge in [-0.3, -0.25) is 5.32 Å². The van der Waals surface area contributed by atoms with Gasteiger partial charge in [0.25, 0.3) is 5.66 Å². The number of anilines is 1. The lowest BCUT2D eigenvalue weighted by Gasteiger charge is -2.35. The molecule has 1 aromatic rings. The van der Waals surface area contributed by atoms with E-state index in [1.54, 1.807) is 16.2 Å². The monoisotopic (exact) mass is 513 g/mol. The summed E-state index contributed by atoms with van der Waals surface area (Å²) in [5.41, 5.74) is -2.64. The second-order valence-electron chi connectivity index (χ2n) is 8.66. The molecule has 34 heavy (non-hydrogen) atoms. The Balaban J connectivity index is 1.82. The minimum atomic E-state index is -3.20. The molecule has 1 amide bonds. The van der Waals surface area contributed by atoms with Crippen molar-refractivity contribution in [2.75, 3.05) is 24.5 Å². The van der Waals surface area contributed by atoms with Crippen LogP contribution in [-0.4, -0.2) is 54.6 Å². The predicted octanol–water partition coefficient (Wildman–Crippen LogP) is 3.79. The Kier molecular flexibility index (Phi) is 7.32. The maximum Gasteiger partial charge on any atom is 0.413 e. The number of hydrogen-bond acceptors (Lipinski definition) is 6. The van der Waals surface area contributed by atoms with E-state index in [1.807, 2.05) is 14.1 Å². The number of aliphatic imine (C=N–C) groups is 1. The van der Waals surface area contributed by atoms with Gasteiger partial charge in [0.15, 0.2) is 12.0 Å². The fourth-order valence-corrected chi connectivity index (χ4v) is 4.75. The molecule has 2 N–H and O–H groups in total. The van der Waals surface area contributed by atoms with E-state index in [9.17, 15) is 18.0 Å². The maximum atomic E-state index is 14.5. The fourth-order valence-electron chi connectivity index (χ4n) is 4.31. The highest BCUT2D eigenvalue weighted by Gasteiger charge is 2.38. The van der Waals surface area contributed by atoms with Crippen molar-refractivity contribution in [3.8, 4) is 0 Å². The van der Waals surface area contributed by atoms with Crippen molar-refractivity contribution in [3.05, 3.63) is 41.7 Å². The van der Waals surface area contributed by atoms with Crippen molar-refractivity contribution in [3.63, 3.8) is 0 Å². The molecule has 5 atom stereocenters. The van der Waals surface area contributed by atoms with Gasteiger partial charge in [-0.15, -0.1) is 0 Å². The minimum Gasteiger partial charge on any atom is -0.437 e. The summed E-state index contributed by atoms with van der Waals surface area (Å²) in [5, 5.41) is 5.94. The molecule has 0 spiro atoms. The van der Waals surface area contributed by atoms with E-state index in [1.165, 1.54) is 18.3 Å². The van der Waals surface area contributed by atoms with Crippen LogP contribution in [0.4, 0.5) is 23.8 Å². The number of ether oxygens (including phenoxy) is 1. The second-order valence-corrected chi connectivity index (χ2v) is 10.0. The van der Waals surface area contributed by atoms with Crippen LogP contribution >= 0.6 is 18.5 Å². The second kappa shape index (κ2) is 9.92. The van der Waals surface area contributed by atoms with Crippen LogP contribution in [0.3, 0.4) is 0 Å². The van der Waals surface area contributed by atoms with E-state index in [0.717, 1.165) is 19.4 Å². The van der Waals surface area contributed by atoms with Crippen LogP contribution in [0.25, 0.3) is 5.57 Å². The van der Waals surface area contributed by atoms with Crippen molar-refractivity contribution in [2.24, 2.45) is 10.9 Å². The number of rotatable bonds is 6. The summed E-state index contributed by atoms with van der Waals surface area (Å²) in [7, 11) is 3.51. The molecular formula is C22H28F3N5O2P2. The predicted molar refractivity (Wildman–Crippen MR) is 133 cm³/mol. The van der Waals surface area contributed by atoms with Crippen molar-refractivity contribution in [1.82, 2.24) is 15.6 Å². The van der Waals surface area contributed by atoms with Gasteiger partial charge < -0.3 is 15.0 Å². The topological polar surface area (TPSA) is 78.8 Å². The molecule has 184 valence electrons. The van der Waals surface area contributed by atoms with Gasteiger partial charge >= 0.3 is 6.09 Å². The molecule has 0 bridgehead atoms. The Morgan fingerprint density at radius 2 is 2.18 bits per heavy atom. The SMILES string of the molecule is C=CN=C1NC(=O)OC(C(F)P)/C1=C(/C)c1cc(C(F)(F)P)cc(N2CCNC(C3CC3)C2)n1. The molecule has 2 aliphatic heterocycles. The average molecular weight is 513 g/mol. The molecule has 1 saturated carbocycles. The van der Waals surface area contributed by atoms with Crippen LogP contribution in [0, 0.1) is 5.92 Å². The highest BCUT2D eigenvalue weighted by molar-refractivity contribution is 7.17. The number of cyclic esters (lactones) is 1. The van der Waals surface area contributed by atoms with Gasteiger partial charge in [-0.2, -0.15) is 8.78 Å². The Morgan fingerprint density at radius 1 is 1.44 bits per heavy atom. The number of aromatic nitrogens is 1. The third kappa shape index (κ3) is 5.45. The quantitative estimate of drug-likeness (QED) is 0.567. The zero-order chi connectivity index (χ0) is 24.6. The molecule has 7 nitrogen and oxygen atoms in total. The van der Waals surface area contributed by atoms with E-state index >= 15 is 0 Å². The van der Waals surface area contributed by atoms with Crippen molar-refractivity contribution < 1.29 is 22.7 Å². The molecule has 3 heterocycles. The number of alkyl halides is 3. The van der Waals surface area contributed by atoms with Gasteiger partial charge in [0.05, 0.1) is 5.69 Å². The van der Waals surface area contributed by atoms with E-state index in [2.05, 4.69) is 27.2 Å². The van der Waals surface area contributed by atoms with E-state index in [4.69, 9.17) is 4.74 Å². The number of piperazine rings is 1. The summed E-state index contributed by atoms with van der Waals surface area (Å²) in [6.07, 6.45) is 1.36. The lowest BCUT2D eigenvalue weighted by molar-refractivity contribution is 0.0919. The van der Waals surface area contributed by atoms with E-state index in [0.29, 0.717) is 36.4 Å². The van der Waals surface area contributed by atoms with Crippen LogP contribution in [0.15, 0.2) is 35.5 Å². The first-order valence-electron chi connectivity index (χ1n) is 11.0. The number of hydrogen-bond donors (Lipinski definition) is 2. The third-order valence-electron chi connectivity index (χ3n) is 6.21. The Bertz CT molecular complexity index is 1040. The molecule has 5 unspecified atom stereocenters. The number of alkyl carbamates (subject to hydrolysis) is 1. The summed E-state index contributed by atoms with van der Waals surface area (Å²) in [6.45, 7) is 7.18. The van der Waals surface area contributed by atoms with Crippen LogP contribution in [0.2, 0.25) is 0 Å². The molecule has 1 aliphatic carbocycles. The Hall–Kier alpha value is -2.02. The van der Waals surface area contributed by atoms with E-state index < -0.39 is 23.8 Å². The minimum absolute atomic E-state index is 0.0428. The van der Waals surface area contributed by atoms with Gasteiger partial charge in [0, 0.05) is 43.0 Å². The number of nitrogens with one attached hydrogen (secondary N) is 2. The van der Waals surface area contributed by atoms with Crippen molar-refractivity contribution in [2.45, 2.75) is 43.5 Å². The molecular weight excluding hydrogens is 485 g/mol. The first-order valence-corrected chi connectivity index (χ1v) is 12.3. The van der Waals surface area contributed by atoms with Crippen molar-refractivity contribution in [1.29, 1.82) is 0 Å². The third-order valence-corrected chi connectivity index (χ3v) is 6.89. The van der Waals surface area contributed by atoms with Crippen LogP contribution in [0.5, 0.6) is 0 Å². The number of pyridine rings is 1. The largest absolute Gasteiger partial charge is 0.437 e. The van der Waals surface area contributed by atoms with Gasteiger partial charge in [-0.25, -0.2) is 19.2 Å². The number of carbonyl (C=O) groups excluding carboxylic acids is 1. The molecule has 12 heteroatoms. The highest BCUT2D eigenvalue weighted by atomic mass is 31.0. The first kappa shape index (κ1) is 25.1. The number of amidine groups is 1. The lowest BCUT2D eigenvalue weighted by Crippen LogP contribution is -2.52. The van der Waals surface area contributed by atoms with Gasteiger partial charge in [0.1, 0.15) is 11.7 Å². The first-order chi connectivity index (χ1) is 16.1. The number of halogens is 3. The summed E-state index contributed by atoms with van der Waals surface area (Å²) in [5.74, 6) is -0.586. The Morgan fingerprint density at radius 3 is 2.79 bits per heavy atom. The zero-order valence-electron chi connectivity index (χ0n) is 18.7. The zero-order valence-corrected chi connectivity index (χ0v) is 21.0. The summed E-state index contributed by atoms with van der Waals surface area (Å²) < 4.78 is 48.5. The molecule has 0 aromatic carbocycles. The number of allylic oxidation sites excluding steroid dienone is 1. The van der Waals surface area contributed by atoms with Crippen LogP contribution in [0.1, 0.15) is 31.0 Å². The smallest absolute Gasteiger partial charge is 0.413 e. The van der Waals surface area contributed by atoms with Crippen LogP contribution in [-0.2, 0) is 10.4 Å². The standard InChI is InChI=1S/C22H28F3N5O2P2/c1-3-26-20-17(18(19(23)33)32-21(31)29-20)11(2)14-8-13(22(24,25)34)9-16(28-14)30-7-6-27-15(10-30)12-4-5-12/h3,8-9,12,15,18-19,27H,1,4-7,10,33-34H2,2H3,(H,26,29,31)/b17-11+. The summed E-state index contributed by atoms with van der Waals surface area (Å²) >= 11 is 0. The van der Waals surface area contributed by atoms with Gasteiger partial charge in [-0.1, -0.05) is 25.1 Å². The lowest BCUT2D eigenvalue weighted by atomic mass is 9.97. The molecule has 0 radical (unpaired) electrons. The van der Waals surface area contributed by atoms with Gasteiger partial charge in [-0.05, 0) is 43.4 Å². The highest BCUT2D eigenvalue weighted by Crippen LogP contribution is 2.39. The van der Waals surface area contributed by atoms with Gasteiger partial charge in [0.2, 0.25) is 0 Å². The average Bonchev–Trinajstić information content (AvgIpc) is 3.63. The number of nitrogens with zero attached hydrogens (tertiary/aromatic N) is 3. The number of carbonyl (C=O) groups is 1. The van der Waals surface area contributed by atoms with Crippen LogP contribution < -0.4 is 15.5 Å². The normalized spacial score (nSPS) is 27.2. The fraction of sp³-hybridized carbons (Fsp3) is 0.500. The van der Waals surface area contributed by atoms with Crippen molar-refractivity contribution >= 4 is 41.8 Å². The molecule has 3 aliphatic rings. The molecule has 1 aromatic heterocycles. The molecule has 4 rings (SSSR count). The summed E-state index contributed by atoms with van der Waals surface area (Å²) in [6, 6.07) is 2.96. The maximum absolute atomic E-state index is 14.5. The summed E-state index contributed by atoms with van der Waals surface area (Å²) in [4.78, 5) is 22.7. The molecule has 2 saturated heterocycles. The molecule has 3 fully saturated rings. The number of amides is 1. The Labute approximate surface area is 201 Å². The van der Waals surface area contributed by atoms with E-state index in [-0.39, 0.29) is 22.7 Å².